The van der Waals surface area contributed by atoms with Gasteiger partial charge in [-0.25, -0.2) is 0 Å². The quantitative estimate of drug-likeness (QED) is 0.722. The van der Waals surface area contributed by atoms with E-state index in [4.69, 9.17) is 14.6 Å². The summed E-state index contributed by atoms with van der Waals surface area (Å²) in [5.74, 6) is 0. The Kier molecular flexibility index (Phi) is 4.38. The third-order valence-electron chi connectivity index (χ3n) is 3.18. The minimum atomic E-state index is 0.00808. The molecule has 0 saturated carbocycles. The van der Waals surface area contributed by atoms with Crippen LogP contribution in [0, 0.1) is 0 Å². The lowest BCUT2D eigenvalue weighted by atomic mass is 10.2. The lowest BCUT2D eigenvalue weighted by molar-refractivity contribution is -0.165. The molecule has 2 saturated heterocycles. The van der Waals surface area contributed by atoms with E-state index >= 15 is 0 Å². The first-order valence-corrected chi connectivity index (χ1v) is 5.98. The lowest BCUT2D eigenvalue weighted by Crippen LogP contribution is -2.36. The number of hydrogen-bond acceptors (Lipinski definition) is 4. The molecule has 0 aromatic heterocycles. The first kappa shape index (κ1) is 11.3. The van der Waals surface area contributed by atoms with Crippen LogP contribution in [0.2, 0.25) is 0 Å². The van der Waals surface area contributed by atoms with Crippen molar-refractivity contribution in [2.24, 2.45) is 0 Å². The zero-order chi connectivity index (χ0) is 10.5. The third kappa shape index (κ3) is 3.41. The van der Waals surface area contributed by atoms with E-state index < -0.39 is 0 Å². The number of hydrogen-bond donors (Lipinski definition) is 2. The van der Waals surface area contributed by atoms with Gasteiger partial charge in [-0.3, -0.25) is 0 Å². The second-order valence-corrected chi connectivity index (χ2v) is 4.45. The van der Waals surface area contributed by atoms with Crippen molar-refractivity contribution in [3.8, 4) is 0 Å². The van der Waals surface area contributed by atoms with Crippen molar-refractivity contribution in [3.63, 3.8) is 0 Å². The highest BCUT2D eigenvalue weighted by molar-refractivity contribution is 4.82. The molecule has 2 aliphatic rings. The first-order valence-electron chi connectivity index (χ1n) is 5.98. The molecule has 0 aliphatic carbocycles. The van der Waals surface area contributed by atoms with Gasteiger partial charge in [0.1, 0.15) is 0 Å². The van der Waals surface area contributed by atoms with Crippen molar-refractivity contribution in [2.45, 2.75) is 50.5 Å². The molecule has 0 bridgehead atoms. The van der Waals surface area contributed by atoms with Gasteiger partial charge in [0.2, 0.25) is 0 Å². The van der Waals surface area contributed by atoms with Gasteiger partial charge in [-0.2, -0.15) is 0 Å². The molecule has 2 fully saturated rings. The van der Waals surface area contributed by atoms with E-state index in [0.717, 1.165) is 32.3 Å². The summed E-state index contributed by atoms with van der Waals surface area (Å²) in [6, 6.07) is 0.665. The average molecular weight is 215 g/mol. The maximum Gasteiger partial charge on any atom is 0.157 e. The highest BCUT2D eigenvalue weighted by Crippen LogP contribution is 2.17. The van der Waals surface area contributed by atoms with Crippen LogP contribution in [0.4, 0.5) is 0 Å². The van der Waals surface area contributed by atoms with Gasteiger partial charge in [0.15, 0.2) is 6.29 Å². The Morgan fingerprint density at radius 2 is 2.07 bits per heavy atom. The molecule has 0 spiro atoms. The van der Waals surface area contributed by atoms with Gasteiger partial charge in [0.25, 0.3) is 0 Å². The number of aliphatic hydroxyl groups excluding tert-OH is 1. The van der Waals surface area contributed by atoms with E-state index in [9.17, 15) is 0 Å². The van der Waals surface area contributed by atoms with Crippen molar-refractivity contribution in [2.75, 3.05) is 19.8 Å². The van der Waals surface area contributed by atoms with Crippen LogP contribution in [-0.4, -0.2) is 43.3 Å². The van der Waals surface area contributed by atoms with E-state index in [1.807, 2.05) is 0 Å². The van der Waals surface area contributed by atoms with Crippen LogP contribution in [0.3, 0.4) is 0 Å². The Balaban J connectivity index is 1.61. The number of aliphatic hydroxyl groups is 1. The molecule has 2 rings (SSSR count). The Labute approximate surface area is 90.9 Å². The maximum atomic E-state index is 8.97. The Morgan fingerprint density at radius 1 is 1.20 bits per heavy atom. The molecule has 0 amide bonds. The van der Waals surface area contributed by atoms with E-state index in [2.05, 4.69) is 5.32 Å². The van der Waals surface area contributed by atoms with Crippen LogP contribution < -0.4 is 5.32 Å². The molecule has 4 nitrogen and oxygen atoms in total. The van der Waals surface area contributed by atoms with Gasteiger partial charge in [-0.05, 0) is 32.1 Å². The monoisotopic (exact) mass is 215 g/mol. The van der Waals surface area contributed by atoms with Crippen molar-refractivity contribution >= 4 is 0 Å². The van der Waals surface area contributed by atoms with Gasteiger partial charge in [0.05, 0.1) is 13.2 Å². The van der Waals surface area contributed by atoms with Gasteiger partial charge in [-0.1, -0.05) is 0 Å². The summed E-state index contributed by atoms with van der Waals surface area (Å²) in [5.41, 5.74) is 0. The fourth-order valence-corrected chi connectivity index (χ4v) is 2.24. The predicted molar refractivity (Wildman–Crippen MR) is 56.6 cm³/mol. The molecule has 2 aliphatic heterocycles. The van der Waals surface area contributed by atoms with Crippen molar-refractivity contribution < 1.29 is 14.6 Å². The standard InChI is InChI=1S/C11H21NO3/c13-7-9-4-5-10(12-9)8-15-11-3-1-2-6-14-11/h9-13H,1-8H2/t9-,10+,11?/m1/s1. The molecular weight excluding hydrogens is 194 g/mol. The summed E-state index contributed by atoms with van der Waals surface area (Å²) in [7, 11) is 0. The predicted octanol–water partition coefficient (Wildman–Crippen LogP) is 0.642. The van der Waals surface area contributed by atoms with E-state index in [-0.39, 0.29) is 18.9 Å². The van der Waals surface area contributed by atoms with E-state index in [0.29, 0.717) is 12.6 Å². The highest BCUT2D eigenvalue weighted by Gasteiger charge is 2.24. The van der Waals surface area contributed by atoms with Crippen LogP contribution in [0.5, 0.6) is 0 Å². The fraction of sp³-hybridized carbons (Fsp3) is 1.00. The SMILES string of the molecule is OC[C@H]1CC[C@@H](COC2CCCCO2)N1. The highest BCUT2D eigenvalue weighted by atomic mass is 16.7. The topological polar surface area (TPSA) is 50.7 Å². The van der Waals surface area contributed by atoms with Crippen molar-refractivity contribution in [1.29, 1.82) is 0 Å². The molecule has 88 valence electrons. The van der Waals surface area contributed by atoms with Crippen LogP contribution in [0.1, 0.15) is 32.1 Å². The van der Waals surface area contributed by atoms with Crippen molar-refractivity contribution in [3.05, 3.63) is 0 Å². The minimum absolute atomic E-state index is 0.00808. The molecule has 4 heteroatoms. The summed E-state index contributed by atoms with van der Waals surface area (Å²) >= 11 is 0. The van der Waals surface area contributed by atoms with Crippen LogP contribution in [-0.2, 0) is 9.47 Å². The minimum Gasteiger partial charge on any atom is -0.395 e. The summed E-state index contributed by atoms with van der Waals surface area (Å²) in [6.07, 6.45) is 5.55. The van der Waals surface area contributed by atoms with Gasteiger partial charge in [-0.15, -0.1) is 0 Å². The summed E-state index contributed by atoms with van der Waals surface area (Å²) in [4.78, 5) is 0. The molecule has 0 aromatic carbocycles. The molecular formula is C11H21NO3. The molecule has 2 heterocycles. The summed E-state index contributed by atoms with van der Waals surface area (Å²) < 4.78 is 11.2. The smallest absolute Gasteiger partial charge is 0.157 e. The Hall–Kier alpha value is -0.160. The summed E-state index contributed by atoms with van der Waals surface area (Å²) in [5, 5.41) is 12.3. The number of ether oxygens (including phenoxy) is 2. The van der Waals surface area contributed by atoms with E-state index in [1.165, 1.54) is 6.42 Å². The molecule has 3 atom stereocenters. The second-order valence-electron chi connectivity index (χ2n) is 4.45. The fourth-order valence-electron chi connectivity index (χ4n) is 2.24. The van der Waals surface area contributed by atoms with Crippen LogP contribution in [0.15, 0.2) is 0 Å². The lowest BCUT2D eigenvalue weighted by Gasteiger charge is -2.24. The average Bonchev–Trinajstić information content (AvgIpc) is 2.76. The normalized spacial score (nSPS) is 37.0. The van der Waals surface area contributed by atoms with E-state index in [1.54, 1.807) is 0 Å². The zero-order valence-electron chi connectivity index (χ0n) is 9.15. The molecule has 0 aromatic rings. The molecule has 0 radical (unpaired) electrons. The molecule has 15 heavy (non-hydrogen) atoms. The molecule has 1 unspecified atom stereocenters. The number of nitrogens with one attached hydrogen (secondary N) is 1. The Morgan fingerprint density at radius 3 is 2.73 bits per heavy atom. The first-order chi connectivity index (χ1) is 7.38. The van der Waals surface area contributed by atoms with Gasteiger partial charge in [0, 0.05) is 18.7 Å². The van der Waals surface area contributed by atoms with Crippen molar-refractivity contribution in [1.82, 2.24) is 5.32 Å². The number of rotatable bonds is 4. The van der Waals surface area contributed by atoms with Crippen LogP contribution in [0.25, 0.3) is 0 Å². The van der Waals surface area contributed by atoms with Crippen LogP contribution >= 0.6 is 0 Å². The largest absolute Gasteiger partial charge is 0.395 e. The third-order valence-corrected chi connectivity index (χ3v) is 3.18. The Bertz CT molecular complexity index is 183. The second kappa shape index (κ2) is 5.80. The van der Waals surface area contributed by atoms with Gasteiger partial charge < -0.3 is 19.9 Å². The maximum absolute atomic E-state index is 8.97. The summed E-state index contributed by atoms with van der Waals surface area (Å²) in [6.45, 7) is 1.78. The zero-order valence-corrected chi connectivity index (χ0v) is 9.15. The van der Waals surface area contributed by atoms with Gasteiger partial charge >= 0.3 is 0 Å². The molecule has 2 N–H and O–H groups in total.